The van der Waals surface area contributed by atoms with Crippen molar-refractivity contribution in [2.45, 2.75) is 19.8 Å². The van der Waals surface area contributed by atoms with Crippen molar-refractivity contribution in [3.05, 3.63) is 23.4 Å². The molecule has 0 unspecified atom stereocenters. The summed E-state index contributed by atoms with van der Waals surface area (Å²) < 4.78 is 5.37. The van der Waals surface area contributed by atoms with Gasteiger partial charge < -0.3 is 9.64 Å². The van der Waals surface area contributed by atoms with E-state index in [0.717, 1.165) is 44.1 Å². The van der Waals surface area contributed by atoms with Gasteiger partial charge in [-0.05, 0) is 37.8 Å². The van der Waals surface area contributed by atoms with Gasteiger partial charge in [0.15, 0.2) is 0 Å². The summed E-state index contributed by atoms with van der Waals surface area (Å²) in [5.74, 6) is 1.55. The number of rotatable bonds is 3. The molecule has 96 valence electrons. The summed E-state index contributed by atoms with van der Waals surface area (Å²) >= 11 is 0. The lowest BCUT2D eigenvalue weighted by Crippen LogP contribution is -2.30. The number of pyridine rings is 1. The van der Waals surface area contributed by atoms with Crippen LogP contribution in [0.25, 0.3) is 0 Å². The fraction of sp³-hybridized carbons (Fsp3) is 0.571. The van der Waals surface area contributed by atoms with E-state index in [9.17, 15) is 0 Å². The Kier molecular flexibility index (Phi) is 4.16. The number of nitrogens with zero attached hydrogens (tertiary/aromatic N) is 3. The summed E-state index contributed by atoms with van der Waals surface area (Å²) in [6, 6.07) is 5.84. The Morgan fingerprint density at radius 1 is 1.44 bits per heavy atom. The van der Waals surface area contributed by atoms with Crippen LogP contribution in [0.1, 0.15) is 24.1 Å². The van der Waals surface area contributed by atoms with Gasteiger partial charge in [0.25, 0.3) is 0 Å². The molecule has 0 atom stereocenters. The molecule has 1 aliphatic heterocycles. The molecule has 0 N–H and O–H groups in total. The number of ether oxygens (including phenoxy) is 1. The molecule has 2 heterocycles. The summed E-state index contributed by atoms with van der Waals surface area (Å²) in [7, 11) is 2.04. The van der Waals surface area contributed by atoms with Crippen molar-refractivity contribution < 1.29 is 4.74 Å². The van der Waals surface area contributed by atoms with E-state index >= 15 is 0 Å². The van der Waals surface area contributed by atoms with Crippen LogP contribution in [0.15, 0.2) is 12.1 Å². The smallest absolute Gasteiger partial charge is 0.129 e. The minimum Gasteiger partial charge on any atom is -0.381 e. The zero-order valence-electron chi connectivity index (χ0n) is 11.0. The van der Waals surface area contributed by atoms with Crippen molar-refractivity contribution in [3.63, 3.8) is 0 Å². The molecule has 1 aromatic heterocycles. The molecule has 2 rings (SSSR count). The van der Waals surface area contributed by atoms with Gasteiger partial charge in [0.05, 0.1) is 11.6 Å². The van der Waals surface area contributed by atoms with Gasteiger partial charge in [-0.3, -0.25) is 0 Å². The van der Waals surface area contributed by atoms with E-state index in [4.69, 9.17) is 10.00 Å². The maximum absolute atomic E-state index is 8.98. The second kappa shape index (κ2) is 5.83. The molecule has 0 bridgehead atoms. The highest BCUT2D eigenvalue weighted by molar-refractivity contribution is 5.46. The molecule has 1 fully saturated rings. The normalized spacial score (nSPS) is 16.3. The van der Waals surface area contributed by atoms with E-state index < -0.39 is 0 Å². The molecule has 1 saturated heterocycles. The van der Waals surface area contributed by atoms with E-state index in [1.54, 1.807) is 0 Å². The number of hydrogen-bond donors (Lipinski definition) is 0. The Labute approximate surface area is 108 Å². The second-order valence-electron chi connectivity index (χ2n) is 4.90. The van der Waals surface area contributed by atoms with Crippen LogP contribution >= 0.6 is 0 Å². The molecular formula is C14H19N3O. The maximum Gasteiger partial charge on any atom is 0.129 e. The van der Waals surface area contributed by atoms with Crippen molar-refractivity contribution >= 4 is 5.82 Å². The predicted molar refractivity (Wildman–Crippen MR) is 70.5 cm³/mol. The third-order valence-corrected chi connectivity index (χ3v) is 3.33. The van der Waals surface area contributed by atoms with Crippen molar-refractivity contribution in [2.75, 3.05) is 31.7 Å². The molecular weight excluding hydrogens is 226 g/mol. The monoisotopic (exact) mass is 245 g/mol. The third-order valence-electron chi connectivity index (χ3n) is 3.33. The first-order chi connectivity index (χ1) is 8.69. The van der Waals surface area contributed by atoms with Crippen LogP contribution in [0.4, 0.5) is 5.82 Å². The van der Waals surface area contributed by atoms with Crippen LogP contribution in [0.2, 0.25) is 0 Å². The highest BCUT2D eigenvalue weighted by Gasteiger charge is 2.16. The molecule has 18 heavy (non-hydrogen) atoms. The first-order valence-electron chi connectivity index (χ1n) is 6.36. The van der Waals surface area contributed by atoms with Gasteiger partial charge in [-0.2, -0.15) is 5.26 Å². The average molecular weight is 245 g/mol. The molecule has 0 amide bonds. The average Bonchev–Trinajstić information content (AvgIpc) is 2.39. The highest BCUT2D eigenvalue weighted by Crippen LogP contribution is 2.19. The van der Waals surface area contributed by atoms with Gasteiger partial charge in [0.1, 0.15) is 5.82 Å². The molecule has 4 heteroatoms. The number of nitriles is 1. The van der Waals surface area contributed by atoms with Crippen molar-refractivity contribution in [3.8, 4) is 6.07 Å². The molecule has 0 aromatic carbocycles. The SMILES string of the molecule is Cc1cc(C#N)cc(N(C)CC2CCOCC2)n1. The Morgan fingerprint density at radius 3 is 2.83 bits per heavy atom. The van der Waals surface area contributed by atoms with Crippen LogP contribution in [0.5, 0.6) is 0 Å². The van der Waals surface area contributed by atoms with Crippen molar-refractivity contribution in [2.24, 2.45) is 5.92 Å². The van der Waals surface area contributed by atoms with Gasteiger partial charge >= 0.3 is 0 Å². The fourth-order valence-electron chi connectivity index (χ4n) is 2.32. The zero-order chi connectivity index (χ0) is 13.0. The molecule has 0 saturated carbocycles. The number of aryl methyl sites for hydroxylation is 1. The van der Waals surface area contributed by atoms with Crippen molar-refractivity contribution in [1.29, 1.82) is 5.26 Å². The molecule has 1 aromatic rings. The van der Waals surface area contributed by atoms with E-state index in [1.807, 2.05) is 26.1 Å². The summed E-state index contributed by atoms with van der Waals surface area (Å²) in [6.45, 7) is 4.63. The lowest BCUT2D eigenvalue weighted by atomic mass is 10.00. The molecule has 0 aliphatic carbocycles. The predicted octanol–water partition coefficient (Wildman–Crippen LogP) is 2.12. The van der Waals surface area contributed by atoms with Gasteiger partial charge in [0, 0.05) is 32.5 Å². The first kappa shape index (κ1) is 12.8. The Balaban J connectivity index is 2.05. The fourth-order valence-corrected chi connectivity index (χ4v) is 2.32. The van der Waals surface area contributed by atoms with Gasteiger partial charge in [-0.1, -0.05) is 0 Å². The van der Waals surface area contributed by atoms with Gasteiger partial charge in [-0.25, -0.2) is 4.98 Å². The van der Waals surface area contributed by atoms with E-state index in [2.05, 4.69) is 16.0 Å². The summed E-state index contributed by atoms with van der Waals surface area (Å²) in [6.07, 6.45) is 2.22. The summed E-state index contributed by atoms with van der Waals surface area (Å²) in [5, 5.41) is 8.98. The van der Waals surface area contributed by atoms with Crippen LogP contribution in [0.3, 0.4) is 0 Å². The second-order valence-corrected chi connectivity index (χ2v) is 4.90. The largest absolute Gasteiger partial charge is 0.381 e. The molecule has 0 radical (unpaired) electrons. The van der Waals surface area contributed by atoms with E-state index in [-0.39, 0.29) is 0 Å². The summed E-state index contributed by atoms with van der Waals surface area (Å²) in [5.41, 5.74) is 1.57. The molecule has 1 aliphatic rings. The van der Waals surface area contributed by atoms with Crippen molar-refractivity contribution in [1.82, 2.24) is 4.98 Å². The minimum atomic E-state index is 0.664. The Hall–Kier alpha value is -1.60. The van der Waals surface area contributed by atoms with Gasteiger partial charge in [0.2, 0.25) is 0 Å². The quantitative estimate of drug-likeness (QED) is 0.818. The Bertz CT molecular complexity index is 447. The standard InChI is InChI=1S/C14H19N3O/c1-11-7-13(9-15)8-14(16-11)17(2)10-12-3-5-18-6-4-12/h7-8,12H,3-6,10H2,1-2H3. The van der Waals surface area contributed by atoms with E-state index in [0.29, 0.717) is 11.5 Å². The third kappa shape index (κ3) is 3.21. The number of hydrogen-bond acceptors (Lipinski definition) is 4. The van der Waals surface area contributed by atoms with Gasteiger partial charge in [-0.15, -0.1) is 0 Å². The lowest BCUT2D eigenvalue weighted by Gasteiger charge is -2.28. The number of anilines is 1. The lowest BCUT2D eigenvalue weighted by molar-refractivity contribution is 0.0685. The van der Waals surface area contributed by atoms with Crippen LogP contribution in [-0.2, 0) is 4.74 Å². The van der Waals surface area contributed by atoms with Crippen LogP contribution in [-0.4, -0.2) is 31.8 Å². The molecule has 0 spiro atoms. The first-order valence-corrected chi connectivity index (χ1v) is 6.36. The maximum atomic E-state index is 8.98. The van der Waals surface area contributed by atoms with Crippen LogP contribution < -0.4 is 4.90 Å². The van der Waals surface area contributed by atoms with E-state index in [1.165, 1.54) is 0 Å². The zero-order valence-corrected chi connectivity index (χ0v) is 11.0. The Morgan fingerprint density at radius 2 is 2.17 bits per heavy atom. The summed E-state index contributed by atoms with van der Waals surface area (Å²) in [4.78, 5) is 6.63. The molecule has 4 nitrogen and oxygen atoms in total. The minimum absolute atomic E-state index is 0.664. The highest BCUT2D eigenvalue weighted by atomic mass is 16.5. The topological polar surface area (TPSA) is 49.2 Å². The number of aromatic nitrogens is 1. The van der Waals surface area contributed by atoms with Crippen LogP contribution in [0, 0.1) is 24.2 Å².